The Bertz CT molecular complexity index is 723. The maximum Gasteiger partial charge on any atom is 0.299 e. The highest BCUT2D eigenvalue weighted by Crippen LogP contribution is 2.28. The topological polar surface area (TPSA) is 117 Å². The van der Waals surface area contributed by atoms with Gasteiger partial charge in [0.1, 0.15) is 18.0 Å². The van der Waals surface area contributed by atoms with E-state index in [0.29, 0.717) is 26.4 Å². The van der Waals surface area contributed by atoms with Gasteiger partial charge in [-0.3, -0.25) is 20.2 Å². The molecule has 25 heavy (non-hydrogen) atoms. The number of ether oxygens (including phenoxy) is 2. The first-order chi connectivity index (χ1) is 12.1. The molecule has 0 aromatic heterocycles. The highest BCUT2D eigenvalue weighted by molar-refractivity contribution is 5.65. The zero-order chi connectivity index (χ0) is 18.1. The average Bonchev–Trinajstić information content (AvgIpc) is 2.61. The van der Waals surface area contributed by atoms with E-state index in [-0.39, 0.29) is 17.1 Å². The van der Waals surface area contributed by atoms with Gasteiger partial charge in [0, 0.05) is 12.6 Å². The Labute approximate surface area is 143 Å². The van der Waals surface area contributed by atoms with Crippen LogP contribution in [0.4, 0.5) is 17.1 Å². The molecule has 2 aromatic rings. The number of nitrogens with one attached hydrogen (secondary N) is 1. The van der Waals surface area contributed by atoms with Crippen LogP contribution in [0.5, 0.6) is 5.75 Å². The summed E-state index contributed by atoms with van der Waals surface area (Å²) in [5.41, 5.74) is -0.465. The molecule has 0 atom stereocenters. The van der Waals surface area contributed by atoms with Gasteiger partial charge in [0.25, 0.3) is 11.4 Å². The minimum Gasteiger partial charge on any atom is -0.491 e. The van der Waals surface area contributed by atoms with E-state index in [9.17, 15) is 20.2 Å². The quantitative estimate of drug-likeness (QED) is 0.399. The lowest BCUT2D eigenvalue weighted by molar-refractivity contribution is -0.393. The number of para-hydroxylation sites is 1. The molecule has 9 heteroatoms. The SMILES string of the molecule is O=[N+]([O-])c1ccc(NCCOCCOc2ccccc2)c([N+](=O)[O-])c1. The van der Waals surface area contributed by atoms with Crippen molar-refractivity contribution < 1.29 is 19.3 Å². The third-order valence-electron chi connectivity index (χ3n) is 3.19. The van der Waals surface area contributed by atoms with Crippen LogP contribution < -0.4 is 10.1 Å². The van der Waals surface area contributed by atoms with E-state index in [1.54, 1.807) is 0 Å². The van der Waals surface area contributed by atoms with Crippen LogP contribution in [0.1, 0.15) is 0 Å². The largest absolute Gasteiger partial charge is 0.491 e. The molecular weight excluding hydrogens is 330 g/mol. The molecule has 0 aliphatic heterocycles. The minimum absolute atomic E-state index is 0.208. The summed E-state index contributed by atoms with van der Waals surface area (Å²) in [7, 11) is 0. The molecule has 9 nitrogen and oxygen atoms in total. The first kappa shape index (κ1) is 18.1. The van der Waals surface area contributed by atoms with Gasteiger partial charge in [-0.1, -0.05) is 18.2 Å². The zero-order valence-electron chi connectivity index (χ0n) is 13.3. The molecule has 0 aliphatic carbocycles. The maximum atomic E-state index is 11.0. The zero-order valence-corrected chi connectivity index (χ0v) is 13.3. The lowest BCUT2D eigenvalue weighted by atomic mass is 10.2. The summed E-state index contributed by atoms with van der Waals surface area (Å²) in [6, 6.07) is 12.8. The second kappa shape index (κ2) is 9.18. The molecule has 0 unspecified atom stereocenters. The molecule has 0 aliphatic rings. The van der Waals surface area contributed by atoms with Crippen LogP contribution in [0.15, 0.2) is 48.5 Å². The molecule has 0 saturated heterocycles. The lowest BCUT2D eigenvalue weighted by Crippen LogP contribution is -2.14. The highest BCUT2D eigenvalue weighted by atomic mass is 16.6. The normalized spacial score (nSPS) is 10.2. The Morgan fingerprint density at radius 3 is 2.36 bits per heavy atom. The number of anilines is 1. The number of nitro groups is 2. The van der Waals surface area contributed by atoms with Crippen LogP contribution in [0.25, 0.3) is 0 Å². The average molecular weight is 347 g/mol. The standard InChI is InChI=1S/C16H17N3O6/c20-18(21)13-6-7-15(16(12-13)19(22)23)17-8-9-24-10-11-25-14-4-2-1-3-5-14/h1-7,12,17H,8-11H2. The predicted octanol–water partition coefficient (Wildman–Crippen LogP) is 3.01. The van der Waals surface area contributed by atoms with Crippen LogP contribution in [-0.2, 0) is 4.74 Å². The fourth-order valence-corrected chi connectivity index (χ4v) is 2.03. The third kappa shape index (κ3) is 5.74. The van der Waals surface area contributed by atoms with Crippen molar-refractivity contribution in [2.24, 2.45) is 0 Å². The predicted molar refractivity (Wildman–Crippen MR) is 91.0 cm³/mol. The number of nitro benzene ring substituents is 2. The Hall–Kier alpha value is -3.20. The van der Waals surface area contributed by atoms with Crippen molar-refractivity contribution in [1.82, 2.24) is 0 Å². The van der Waals surface area contributed by atoms with Crippen LogP contribution in [0, 0.1) is 20.2 Å². The summed E-state index contributed by atoms with van der Waals surface area (Å²) in [5.74, 6) is 0.755. The van der Waals surface area contributed by atoms with Crippen molar-refractivity contribution in [2.45, 2.75) is 0 Å². The number of benzene rings is 2. The third-order valence-corrected chi connectivity index (χ3v) is 3.19. The van der Waals surface area contributed by atoms with E-state index in [1.165, 1.54) is 12.1 Å². The van der Waals surface area contributed by atoms with Crippen LogP contribution in [0.3, 0.4) is 0 Å². The molecule has 0 spiro atoms. The van der Waals surface area contributed by atoms with Crippen molar-refractivity contribution in [1.29, 1.82) is 0 Å². The van der Waals surface area contributed by atoms with Crippen molar-refractivity contribution in [3.8, 4) is 5.75 Å². The Balaban J connectivity index is 1.72. The molecule has 0 radical (unpaired) electrons. The van der Waals surface area contributed by atoms with Gasteiger partial charge < -0.3 is 14.8 Å². The van der Waals surface area contributed by atoms with Crippen molar-refractivity contribution in [2.75, 3.05) is 31.7 Å². The molecule has 0 heterocycles. The smallest absolute Gasteiger partial charge is 0.299 e. The molecule has 2 rings (SSSR count). The Kier molecular flexibility index (Phi) is 6.66. The number of hydrogen-bond donors (Lipinski definition) is 1. The van der Waals surface area contributed by atoms with Gasteiger partial charge in [0.2, 0.25) is 0 Å². The monoisotopic (exact) mass is 347 g/mol. The minimum atomic E-state index is -0.674. The lowest BCUT2D eigenvalue weighted by Gasteiger charge is -2.09. The van der Waals surface area contributed by atoms with Crippen molar-refractivity contribution in [3.05, 3.63) is 68.8 Å². The van der Waals surface area contributed by atoms with Gasteiger partial charge in [-0.2, -0.15) is 0 Å². The summed E-state index contributed by atoms with van der Waals surface area (Å²) in [6.07, 6.45) is 0. The molecule has 0 bridgehead atoms. The van der Waals surface area contributed by atoms with Gasteiger partial charge in [0.15, 0.2) is 0 Å². The van der Waals surface area contributed by atoms with Gasteiger partial charge >= 0.3 is 0 Å². The van der Waals surface area contributed by atoms with Gasteiger partial charge in [-0.05, 0) is 18.2 Å². The molecule has 0 fully saturated rings. The fourth-order valence-electron chi connectivity index (χ4n) is 2.03. The molecule has 1 N–H and O–H groups in total. The Morgan fingerprint density at radius 1 is 0.920 bits per heavy atom. The number of nitrogens with zero attached hydrogens (tertiary/aromatic N) is 2. The summed E-state index contributed by atoms with van der Waals surface area (Å²) in [4.78, 5) is 20.3. The van der Waals surface area contributed by atoms with E-state index >= 15 is 0 Å². The number of non-ortho nitro benzene ring substituents is 1. The van der Waals surface area contributed by atoms with Gasteiger partial charge in [0.05, 0.1) is 29.1 Å². The molecular formula is C16H17N3O6. The molecule has 2 aromatic carbocycles. The van der Waals surface area contributed by atoms with E-state index in [2.05, 4.69) is 5.32 Å². The summed E-state index contributed by atoms with van der Waals surface area (Å²) < 4.78 is 10.8. The van der Waals surface area contributed by atoms with E-state index in [0.717, 1.165) is 11.8 Å². The van der Waals surface area contributed by atoms with E-state index in [1.807, 2.05) is 30.3 Å². The molecule has 132 valence electrons. The summed E-state index contributed by atoms with van der Waals surface area (Å²) >= 11 is 0. The maximum absolute atomic E-state index is 11.0. The van der Waals surface area contributed by atoms with Gasteiger partial charge in [-0.15, -0.1) is 0 Å². The first-order valence-electron chi connectivity index (χ1n) is 7.50. The van der Waals surface area contributed by atoms with E-state index in [4.69, 9.17) is 9.47 Å². The summed E-state index contributed by atoms with van der Waals surface area (Å²) in [5, 5.41) is 24.5. The second-order valence-electron chi connectivity index (χ2n) is 4.92. The number of rotatable bonds is 10. The van der Waals surface area contributed by atoms with Crippen LogP contribution >= 0.6 is 0 Å². The molecule has 0 saturated carbocycles. The van der Waals surface area contributed by atoms with Crippen LogP contribution in [-0.4, -0.2) is 36.2 Å². The van der Waals surface area contributed by atoms with E-state index < -0.39 is 9.85 Å². The Morgan fingerprint density at radius 2 is 1.68 bits per heavy atom. The fraction of sp³-hybridized carbons (Fsp3) is 0.250. The number of hydrogen-bond acceptors (Lipinski definition) is 7. The van der Waals surface area contributed by atoms with Crippen molar-refractivity contribution >= 4 is 17.1 Å². The van der Waals surface area contributed by atoms with Gasteiger partial charge in [-0.25, -0.2) is 0 Å². The second-order valence-corrected chi connectivity index (χ2v) is 4.92. The first-order valence-corrected chi connectivity index (χ1v) is 7.50. The van der Waals surface area contributed by atoms with Crippen molar-refractivity contribution in [3.63, 3.8) is 0 Å². The highest BCUT2D eigenvalue weighted by Gasteiger charge is 2.18. The van der Waals surface area contributed by atoms with Crippen LogP contribution in [0.2, 0.25) is 0 Å². The summed E-state index contributed by atoms with van der Waals surface area (Å²) in [6.45, 7) is 1.40. The molecule has 0 amide bonds.